The van der Waals surface area contributed by atoms with Crippen LogP contribution in [0.15, 0.2) is 36.4 Å². The topological polar surface area (TPSA) is 52.7 Å². The molecule has 0 atom stereocenters. The predicted molar refractivity (Wildman–Crippen MR) is 121 cm³/mol. The van der Waals surface area contributed by atoms with Gasteiger partial charge in [-0.3, -0.25) is 9.59 Å². The maximum Gasteiger partial charge on any atom is 0.236 e. The summed E-state index contributed by atoms with van der Waals surface area (Å²) < 4.78 is 0. The van der Waals surface area contributed by atoms with Crippen LogP contribution in [0.3, 0.4) is 0 Å². The van der Waals surface area contributed by atoms with E-state index in [1.807, 2.05) is 44.9 Å². The first kappa shape index (κ1) is 20.7. The van der Waals surface area contributed by atoms with Gasteiger partial charge < -0.3 is 15.1 Å². The minimum absolute atomic E-state index is 0.106. The summed E-state index contributed by atoms with van der Waals surface area (Å²) in [6.45, 7) is 7.34. The molecule has 6 heteroatoms. The number of rotatable bonds is 4. The minimum Gasteiger partial charge on any atom is -0.375 e. The summed E-state index contributed by atoms with van der Waals surface area (Å²) in [5, 5.41) is 4.52. The van der Waals surface area contributed by atoms with E-state index in [4.69, 9.17) is 11.6 Å². The average molecular weight is 426 g/mol. The van der Waals surface area contributed by atoms with Crippen LogP contribution in [0.2, 0.25) is 5.02 Å². The van der Waals surface area contributed by atoms with Crippen LogP contribution in [-0.4, -0.2) is 37.4 Å². The zero-order chi connectivity index (χ0) is 21.7. The number of hydrogen-bond donors (Lipinski definition) is 1. The number of piperidine rings is 1. The van der Waals surface area contributed by atoms with E-state index >= 15 is 0 Å². The first-order valence-electron chi connectivity index (χ1n) is 10.4. The van der Waals surface area contributed by atoms with Crippen molar-refractivity contribution in [3.8, 4) is 0 Å². The van der Waals surface area contributed by atoms with Gasteiger partial charge in [0.25, 0.3) is 0 Å². The van der Waals surface area contributed by atoms with E-state index < -0.39 is 5.41 Å². The fourth-order valence-electron chi connectivity index (χ4n) is 4.93. The van der Waals surface area contributed by atoms with E-state index in [-0.39, 0.29) is 11.4 Å². The van der Waals surface area contributed by atoms with Crippen molar-refractivity contribution in [2.75, 3.05) is 30.4 Å². The summed E-state index contributed by atoms with van der Waals surface area (Å²) in [5.74, 6) is 0.106. The second-order valence-corrected chi connectivity index (χ2v) is 9.39. The van der Waals surface area contributed by atoms with E-state index in [1.165, 1.54) is 0 Å². The maximum absolute atomic E-state index is 12.7. The highest BCUT2D eigenvalue weighted by Crippen LogP contribution is 2.44. The Morgan fingerprint density at radius 1 is 1.10 bits per heavy atom. The lowest BCUT2D eigenvalue weighted by Gasteiger charge is -2.43. The number of likely N-dealkylation sites (tertiary alicyclic amines) is 1. The molecule has 4 rings (SSSR count). The third kappa shape index (κ3) is 3.16. The molecule has 2 aliphatic heterocycles. The van der Waals surface area contributed by atoms with E-state index in [9.17, 15) is 9.59 Å². The zero-order valence-corrected chi connectivity index (χ0v) is 18.7. The maximum atomic E-state index is 12.7. The first-order valence-corrected chi connectivity index (χ1v) is 10.7. The van der Waals surface area contributed by atoms with Crippen LogP contribution >= 0.6 is 11.6 Å². The highest BCUT2D eigenvalue weighted by Gasteiger charge is 2.43. The molecule has 158 valence electrons. The average Bonchev–Trinajstić information content (AvgIpc) is 2.90. The van der Waals surface area contributed by atoms with Gasteiger partial charge in [-0.2, -0.15) is 0 Å². The van der Waals surface area contributed by atoms with Gasteiger partial charge in [-0.15, -0.1) is 0 Å². The smallest absolute Gasteiger partial charge is 0.236 e. The molecule has 5 nitrogen and oxygen atoms in total. The molecule has 1 N–H and O–H groups in total. The fourth-order valence-corrected chi connectivity index (χ4v) is 5.11. The van der Waals surface area contributed by atoms with Crippen molar-refractivity contribution in [2.45, 2.75) is 44.6 Å². The standard InChI is InChI=1S/C24H28ClN3O2/c1-16-18(6-5-7-20(16)25)24(10-12-28(15-29)13-11-24)26-17-8-9-19-21(14-17)27(4)22(30)23(19,2)3/h5-9,14-15,26H,10-13H2,1-4H3. The van der Waals surface area contributed by atoms with Crippen LogP contribution < -0.4 is 10.2 Å². The monoisotopic (exact) mass is 425 g/mol. The minimum atomic E-state index is -0.515. The number of amides is 2. The van der Waals surface area contributed by atoms with E-state index in [1.54, 1.807) is 4.90 Å². The van der Waals surface area contributed by atoms with Gasteiger partial charge in [-0.05, 0) is 68.5 Å². The summed E-state index contributed by atoms with van der Waals surface area (Å²) in [6, 6.07) is 12.2. The van der Waals surface area contributed by atoms with Crippen LogP contribution in [0.1, 0.15) is 43.4 Å². The van der Waals surface area contributed by atoms with Gasteiger partial charge in [0, 0.05) is 36.5 Å². The number of nitrogens with zero attached hydrogens (tertiary/aromatic N) is 2. The number of likely N-dealkylation sites (N-methyl/N-ethyl adjacent to an activating group) is 1. The molecular weight excluding hydrogens is 398 g/mol. The Balaban J connectivity index is 1.75. The van der Waals surface area contributed by atoms with E-state index in [2.05, 4.69) is 29.6 Å². The SMILES string of the molecule is Cc1c(Cl)cccc1C1(Nc2ccc3c(c2)N(C)C(=O)C3(C)C)CCN(C=O)CC1. The summed E-state index contributed by atoms with van der Waals surface area (Å²) in [5.41, 5.74) is 4.32. The quantitative estimate of drug-likeness (QED) is 0.735. The van der Waals surface area contributed by atoms with Crippen LogP contribution in [0.4, 0.5) is 11.4 Å². The lowest BCUT2D eigenvalue weighted by Crippen LogP contribution is -2.47. The molecule has 0 spiro atoms. The van der Waals surface area contributed by atoms with Crippen LogP contribution in [0, 0.1) is 6.92 Å². The molecule has 2 heterocycles. The van der Waals surface area contributed by atoms with Gasteiger partial charge >= 0.3 is 0 Å². The first-order chi connectivity index (χ1) is 14.2. The van der Waals surface area contributed by atoms with E-state index in [0.29, 0.717) is 13.1 Å². The second-order valence-electron chi connectivity index (χ2n) is 8.98. The molecule has 0 radical (unpaired) electrons. The summed E-state index contributed by atoms with van der Waals surface area (Å²) >= 11 is 6.46. The highest BCUT2D eigenvalue weighted by molar-refractivity contribution is 6.31. The molecule has 30 heavy (non-hydrogen) atoms. The number of anilines is 2. The summed E-state index contributed by atoms with van der Waals surface area (Å²) in [6.07, 6.45) is 2.49. The van der Waals surface area contributed by atoms with Gasteiger partial charge in [0.1, 0.15) is 0 Å². The third-order valence-electron chi connectivity index (χ3n) is 6.84. The molecule has 2 aromatic carbocycles. The molecule has 2 aliphatic rings. The zero-order valence-electron chi connectivity index (χ0n) is 18.0. The van der Waals surface area contributed by atoms with Crippen molar-refractivity contribution in [1.82, 2.24) is 4.90 Å². The van der Waals surface area contributed by atoms with Gasteiger partial charge in [-0.25, -0.2) is 0 Å². The Labute approximate surface area is 183 Å². The molecular formula is C24H28ClN3O2. The van der Waals surface area contributed by atoms with Crippen molar-refractivity contribution < 1.29 is 9.59 Å². The van der Waals surface area contributed by atoms with Gasteiger partial charge in [0.2, 0.25) is 12.3 Å². The fraction of sp³-hybridized carbons (Fsp3) is 0.417. The number of benzene rings is 2. The normalized spacial score (nSPS) is 19.6. The number of nitrogens with one attached hydrogen (secondary N) is 1. The number of halogens is 1. The lowest BCUT2D eigenvalue weighted by molar-refractivity contribution is -0.122. The molecule has 0 unspecified atom stereocenters. The van der Waals surface area contributed by atoms with E-state index in [0.717, 1.165) is 52.3 Å². The van der Waals surface area contributed by atoms with Crippen molar-refractivity contribution in [1.29, 1.82) is 0 Å². The Bertz CT molecular complexity index is 1010. The number of carbonyl (C=O) groups is 2. The molecule has 0 saturated carbocycles. The van der Waals surface area contributed by atoms with Crippen molar-refractivity contribution in [2.24, 2.45) is 0 Å². The van der Waals surface area contributed by atoms with Crippen molar-refractivity contribution >= 4 is 35.3 Å². The van der Waals surface area contributed by atoms with Crippen LogP contribution in [0.5, 0.6) is 0 Å². The van der Waals surface area contributed by atoms with Gasteiger partial charge in [0.05, 0.1) is 11.0 Å². The molecule has 0 aromatic heterocycles. The predicted octanol–water partition coefficient (Wildman–Crippen LogP) is 4.46. The van der Waals surface area contributed by atoms with Crippen LogP contribution in [0.25, 0.3) is 0 Å². The Kier molecular flexibility index (Phi) is 5.05. The van der Waals surface area contributed by atoms with Crippen molar-refractivity contribution in [3.05, 3.63) is 58.1 Å². The summed E-state index contributed by atoms with van der Waals surface area (Å²) in [4.78, 5) is 27.5. The Morgan fingerprint density at radius 2 is 1.80 bits per heavy atom. The molecule has 1 saturated heterocycles. The third-order valence-corrected chi connectivity index (χ3v) is 7.25. The molecule has 2 aromatic rings. The van der Waals surface area contributed by atoms with Crippen LogP contribution in [-0.2, 0) is 20.5 Å². The van der Waals surface area contributed by atoms with Gasteiger partial charge in [-0.1, -0.05) is 29.8 Å². The largest absolute Gasteiger partial charge is 0.375 e. The molecule has 2 amide bonds. The lowest BCUT2D eigenvalue weighted by atomic mass is 9.78. The van der Waals surface area contributed by atoms with Crippen molar-refractivity contribution in [3.63, 3.8) is 0 Å². The molecule has 0 bridgehead atoms. The summed E-state index contributed by atoms with van der Waals surface area (Å²) in [7, 11) is 1.83. The van der Waals surface area contributed by atoms with Gasteiger partial charge in [0.15, 0.2) is 0 Å². The molecule has 1 fully saturated rings. The molecule has 0 aliphatic carbocycles. The highest BCUT2D eigenvalue weighted by atomic mass is 35.5. The second kappa shape index (κ2) is 7.31. The number of fused-ring (bicyclic) bond motifs is 1. The Morgan fingerprint density at radius 3 is 2.47 bits per heavy atom. The number of hydrogen-bond acceptors (Lipinski definition) is 3. The number of carbonyl (C=O) groups excluding carboxylic acids is 2. The Hall–Kier alpha value is -2.53.